The molecule has 0 radical (unpaired) electrons. The number of aliphatic imine (C=N–C) groups is 1. The summed E-state index contributed by atoms with van der Waals surface area (Å²) in [7, 11) is 0. The van der Waals surface area contributed by atoms with E-state index in [-0.39, 0.29) is 11.8 Å². The van der Waals surface area contributed by atoms with Crippen LogP contribution in [0.1, 0.15) is 52.6 Å². The Balaban J connectivity index is 2.10. The highest BCUT2D eigenvalue weighted by molar-refractivity contribution is 8.14. The van der Waals surface area contributed by atoms with Crippen LogP contribution in [-0.2, 0) is 14.3 Å². The van der Waals surface area contributed by atoms with Gasteiger partial charge in [0.1, 0.15) is 0 Å². The fourth-order valence-corrected chi connectivity index (χ4v) is 4.54. The van der Waals surface area contributed by atoms with Gasteiger partial charge < -0.3 is 14.2 Å². The van der Waals surface area contributed by atoms with Gasteiger partial charge in [0.2, 0.25) is 5.91 Å². The van der Waals surface area contributed by atoms with Gasteiger partial charge in [0.25, 0.3) is 0 Å². The minimum atomic E-state index is -0.623. The van der Waals surface area contributed by atoms with Gasteiger partial charge in [-0.3, -0.25) is 9.69 Å². The number of rotatable bonds is 8. The normalized spacial score (nSPS) is 18.6. The van der Waals surface area contributed by atoms with Gasteiger partial charge in [-0.05, 0) is 44.4 Å². The highest BCUT2D eigenvalue weighted by Gasteiger charge is 2.42. The van der Waals surface area contributed by atoms with Gasteiger partial charge in [0.05, 0.1) is 37.1 Å². The van der Waals surface area contributed by atoms with Crippen LogP contribution in [-0.4, -0.2) is 47.5 Å². The molecule has 0 aromatic heterocycles. The molecule has 1 atom stereocenters. The molecule has 1 fully saturated rings. The van der Waals surface area contributed by atoms with Crippen LogP contribution >= 0.6 is 11.8 Å². The molecule has 3 rings (SSSR count). The number of ether oxygens (including phenoxy) is 3. The summed E-state index contributed by atoms with van der Waals surface area (Å²) < 4.78 is 17.0. The van der Waals surface area contributed by atoms with Crippen molar-refractivity contribution in [2.45, 2.75) is 47.1 Å². The van der Waals surface area contributed by atoms with Crippen LogP contribution in [0.5, 0.6) is 11.5 Å². The van der Waals surface area contributed by atoms with Crippen molar-refractivity contribution in [3.63, 3.8) is 0 Å². The van der Waals surface area contributed by atoms with E-state index in [4.69, 9.17) is 14.2 Å². The first-order chi connectivity index (χ1) is 14.9. The quantitative estimate of drug-likeness (QED) is 0.553. The van der Waals surface area contributed by atoms with Crippen molar-refractivity contribution < 1.29 is 23.8 Å². The van der Waals surface area contributed by atoms with Gasteiger partial charge in [-0.25, -0.2) is 9.79 Å². The Hall–Kier alpha value is -2.48. The minimum absolute atomic E-state index is 0.0593. The maximum Gasteiger partial charge on any atom is 0.338 e. The summed E-state index contributed by atoms with van der Waals surface area (Å²) in [4.78, 5) is 32.2. The lowest BCUT2D eigenvalue weighted by atomic mass is 9.93. The first-order valence-electron chi connectivity index (χ1n) is 10.7. The van der Waals surface area contributed by atoms with Crippen LogP contribution in [0, 0.1) is 5.92 Å². The number of nitrogens with zero attached hydrogens (tertiary/aromatic N) is 2. The Morgan fingerprint density at radius 2 is 1.94 bits per heavy atom. The van der Waals surface area contributed by atoms with E-state index in [1.165, 1.54) is 11.8 Å². The van der Waals surface area contributed by atoms with Crippen molar-refractivity contribution in [3.05, 3.63) is 35.0 Å². The maximum absolute atomic E-state index is 13.1. The van der Waals surface area contributed by atoms with E-state index in [1.807, 2.05) is 45.9 Å². The number of esters is 1. The third kappa shape index (κ3) is 5.06. The highest BCUT2D eigenvalue weighted by Crippen LogP contribution is 2.42. The molecule has 2 aliphatic heterocycles. The largest absolute Gasteiger partial charge is 0.490 e. The molecule has 0 saturated carbocycles. The second-order valence-corrected chi connectivity index (χ2v) is 8.78. The summed E-state index contributed by atoms with van der Waals surface area (Å²) in [5.74, 6) is 1.57. The highest BCUT2D eigenvalue weighted by atomic mass is 32.2. The van der Waals surface area contributed by atoms with Gasteiger partial charge in [-0.2, -0.15) is 0 Å². The molecule has 0 spiro atoms. The Kier molecular flexibility index (Phi) is 7.64. The summed E-state index contributed by atoms with van der Waals surface area (Å²) in [6.45, 7) is 10.8. The summed E-state index contributed by atoms with van der Waals surface area (Å²) >= 11 is 1.52. The zero-order chi connectivity index (χ0) is 22.5. The third-order valence-electron chi connectivity index (χ3n) is 4.86. The molecule has 0 N–H and O–H groups in total. The van der Waals surface area contributed by atoms with E-state index in [2.05, 4.69) is 4.99 Å². The summed E-state index contributed by atoms with van der Waals surface area (Å²) in [6.07, 6.45) is 0.392. The molecule has 0 unspecified atom stereocenters. The van der Waals surface area contributed by atoms with Gasteiger partial charge in [0, 0.05) is 12.2 Å². The first-order valence-corrected chi connectivity index (χ1v) is 11.7. The molecule has 7 nitrogen and oxygen atoms in total. The lowest BCUT2D eigenvalue weighted by Gasteiger charge is -2.39. The second kappa shape index (κ2) is 10.2. The maximum atomic E-state index is 13.1. The average molecular weight is 447 g/mol. The Morgan fingerprint density at radius 1 is 1.23 bits per heavy atom. The number of allylic oxidation sites excluding steroid dienone is 1. The Bertz CT molecular complexity index is 909. The second-order valence-electron chi connectivity index (χ2n) is 7.72. The van der Waals surface area contributed by atoms with E-state index in [0.717, 1.165) is 5.56 Å². The van der Waals surface area contributed by atoms with E-state index < -0.39 is 12.0 Å². The predicted molar refractivity (Wildman–Crippen MR) is 121 cm³/mol. The van der Waals surface area contributed by atoms with Gasteiger partial charge >= 0.3 is 5.97 Å². The third-order valence-corrected chi connectivity index (χ3v) is 5.81. The van der Waals surface area contributed by atoms with E-state index in [1.54, 1.807) is 11.8 Å². The van der Waals surface area contributed by atoms with E-state index in [9.17, 15) is 9.59 Å². The fraction of sp³-hybridized carbons (Fsp3) is 0.522. The number of amides is 1. The SMILES string of the molecule is CCOc1ccc([C@@H]2C(C(=O)OCC(C)C)=C(C)N=C3SCCC(=O)N32)cc1OCC. The van der Waals surface area contributed by atoms with Crippen molar-refractivity contribution in [3.8, 4) is 11.5 Å². The van der Waals surface area contributed by atoms with Crippen molar-refractivity contribution in [1.29, 1.82) is 0 Å². The number of benzene rings is 1. The summed E-state index contributed by atoms with van der Waals surface area (Å²) in [5, 5.41) is 0.617. The minimum Gasteiger partial charge on any atom is -0.490 e. The van der Waals surface area contributed by atoms with Crippen LogP contribution < -0.4 is 9.47 Å². The number of thioether (sulfide) groups is 1. The van der Waals surface area contributed by atoms with Crippen molar-refractivity contribution in [2.24, 2.45) is 10.9 Å². The molecular weight excluding hydrogens is 416 g/mol. The fourth-order valence-electron chi connectivity index (χ4n) is 3.53. The van der Waals surface area contributed by atoms with Crippen LogP contribution in [0.2, 0.25) is 0 Å². The first kappa shape index (κ1) is 23.2. The molecule has 8 heteroatoms. The summed E-state index contributed by atoms with van der Waals surface area (Å²) in [6, 6.07) is 4.92. The number of carbonyl (C=O) groups excluding carboxylic acids is 2. The molecule has 1 aromatic rings. The van der Waals surface area contributed by atoms with Crippen molar-refractivity contribution in [1.82, 2.24) is 4.90 Å². The van der Waals surface area contributed by atoms with Crippen molar-refractivity contribution >= 4 is 28.8 Å². The molecule has 31 heavy (non-hydrogen) atoms. The van der Waals surface area contributed by atoms with Gasteiger partial charge in [-0.1, -0.05) is 31.7 Å². The standard InChI is InChI=1S/C23H30N2O5S/c1-6-28-17-9-8-16(12-18(17)29-7-2)21-20(22(27)30-13-14(3)4)15(5)24-23-25(21)19(26)10-11-31-23/h8-9,12,14,21H,6-7,10-11,13H2,1-5H3/t21-/m1/s1. The van der Waals surface area contributed by atoms with Crippen LogP contribution in [0.4, 0.5) is 0 Å². The molecule has 0 aliphatic carbocycles. The molecular formula is C23H30N2O5S. The molecule has 2 aliphatic rings. The number of amidine groups is 1. The van der Waals surface area contributed by atoms with Crippen molar-refractivity contribution in [2.75, 3.05) is 25.6 Å². The molecule has 1 aromatic carbocycles. The smallest absolute Gasteiger partial charge is 0.338 e. The zero-order valence-corrected chi connectivity index (χ0v) is 19.6. The number of fused-ring (bicyclic) bond motifs is 1. The van der Waals surface area contributed by atoms with Crippen LogP contribution in [0.3, 0.4) is 0 Å². The van der Waals surface area contributed by atoms with Gasteiger partial charge in [-0.15, -0.1) is 0 Å². The monoisotopic (exact) mass is 446 g/mol. The number of carbonyl (C=O) groups is 2. The lowest BCUT2D eigenvalue weighted by molar-refractivity contribution is -0.141. The number of hydrogen-bond acceptors (Lipinski definition) is 7. The van der Waals surface area contributed by atoms with E-state index in [0.29, 0.717) is 59.9 Å². The average Bonchev–Trinajstić information content (AvgIpc) is 2.73. The molecule has 1 saturated heterocycles. The van der Waals surface area contributed by atoms with Crippen LogP contribution in [0.15, 0.2) is 34.5 Å². The van der Waals surface area contributed by atoms with Crippen LogP contribution in [0.25, 0.3) is 0 Å². The lowest BCUT2D eigenvalue weighted by Crippen LogP contribution is -2.45. The molecule has 1 amide bonds. The predicted octanol–water partition coefficient (Wildman–Crippen LogP) is 4.33. The Morgan fingerprint density at radius 3 is 2.61 bits per heavy atom. The van der Waals surface area contributed by atoms with Gasteiger partial charge in [0.15, 0.2) is 16.7 Å². The summed E-state index contributed by atoms with van der Waals surface area (Å²) in [5.41, 5.74) is 1.71. The molecule has 0 bridgehead atoms. The molecule has 2 heterocycles. The van der Waals surface area contributed by atoms with E-state index >= 15 is 0 Å². The Labute approximate surface area is 187 Å². The number of hydrogen-bond donors (Lipinski definition) is 0. The zero-order valence-electron chi connectivity index (χ0n) is 18.8. The molecule has 168 valence electrons. The topological polar surface area (TPSA) is 77.4 Å².